The Morgan fingerprint density at radius 2 is 2.00 bits per heavy atom. The van der Waals surface area contributed by atoms with E-state index in [2.05, 4.69) is 30.3 Å². The summed E-state index contributed by atoms with van der Waals surface area (Å²) >= 11 is 0. The zero-order valence-electron chi connectivity index (χ0n) is 13.4. The first-order chi connectivity index (χ1) is 9.65. The van der Waals surface area contributed by atoms with Crippen LogP contribution in [-0.4, -0.2) is 46.3 Å². The second kappa shape index (κ2) is 8.82. The lowest BCUT2D eigenvalue weighted by atomic mass is 10.0. The molecule has 0 amide bonds. The maximum atomic E-state index is 5.49. The van der Waals surface area contributed by atoms with E-state index in [9.17, 15) is 0 Å². The largest absolute Gasteiger partial charge is 0.497 e. The van der Waals surface area contributed by atoms with E-state index in [1.165, 1.54) is 18.4 Å². The molecule has 1 aromatic rings. The van der Waals surface area contributed by atoms with Gasteiger partial charge in [0.2, 0.25) is 0 Å². The lowest BCUT2D eigenvalue weighted by Crippen LogP contribution is -2.32. The summed E-state index contributed by atoms with van der Waals surface area (Å²) in [5, 5.41) is 3.38. The standard InChI is InChI=1S/C16H28N2O2/c1-6-7-10-18(3)12-15(17-2)14-9-8-13(19-4)11-16(14)20-5/h8-9,11,15,17H,6-7,10,12H2,1-5H3. The predicted molar refractivity (Wildman–Crippen MR) is 83.8 cm³/mol. The van der Waals surface area contributed by atoms with Crippen molar-refractivity contribution in [3.63, 3.8) is 0 Å². The van der Waals surface area contributed by atoms with Crippen molar-refractivity contribution >= 4 is 0 Å². The van der Waals surface area contributed by atoms with Crippen molar-refractivity contribution in [2.75, 3.05) is 41.4 Å². The molecule has 0 aliphatic carbocycles. The molecule has 0 heterocycles. The summed E-state index contributed by atoms with van der Waals surface area (Å²) in [5.41, 5.74) is 1.17. The first-order valence-electron chi connectivity index (χ1n) is 7.24. The Kier molecular flexibility index (Phi) is 7.41. The highest BCUT2D eigenvalue weighted by Crippen LogP contribution is 2.29. The molecule has 0 radical (unpaired) electrons. The number of hydrogen-bond acceptors (Lipinski definition) is 4. The first-order valence-corrected chi connectivity index (χ1v) is 7.24. The molecule has 0 aromatic heterocycles. The Balaban J connectivity index is 2.83. The van der Waals surface area contributed by atoms with Crippen molar-refractivity contribution in [2.24, 2.45) is 0 Å². The van der Waals surface area contributed by atoms with Crippen LogP contribution in [0, 0.1) is 0 Å². The van der Waals surface area contributed by atoms with Crippen LogP contribution < -0.4 is 14.8 Å². The third kappa shape index (κ3) is 4.69. The Labute approximate surface area is 123 Å². The van der Waals surface area contributed by atoms with Gasteiger partial charge in [-0.25, -0.2) is 0 Å². The lowest BCUT2D eigenvalue weighted by Gasteiger charge is -2.25. The van der Waals surface area contributed by atoms with E-state index in [1.54, 1.807) is 14.2 Å². The summed E-state index contributed by atoms with van der Waals surface area (Å²) in [4.78, 5) is 2.36. The summed E-state index contributed by atoms with van der Waals surface area (Å²) in [5.74, 6) is 1.69. The molecular weight excluding hydrogens is 252 g/mol. The highest BCUT2D eigenvalue weighted by Gasteiger charge is 2.17. The first kappa shape index (κ1) is 16.8. The number of rotatable bonds is 9. The van der Waals surface area contributed by atoms with Gasteiger partial charge in [0.25, 0.3) is 0 Å². The minimum absolute atomic E-state index is 0.248. The molecule has 0 aliphatic rings. The van der Waals surface area contributed by atoms with Crippen molar-refractivity contribution in [3.05, 3.63) is 23.8 Å². The van der Waals surface area contributed by atoms with Crippen molar-refractivity contribution in [3.8, 4) is 11.5 Å². The smallest absolute Gasteiger partial charge is 0.127 e. The van der Waals surface area contributed by atoms with Crippen LogP contribution in [0.2, 0.25) is 0 Å². The van der Waals surface area contributed by atoms with Gasteiger partial charge in [0, 0.05) is 24.2 Å². The number of nitrogens with zero attached hydrogens (tertiary/aromatic N) is 1. The van der Waals surface area contributed by atoms with Crippen molar-refractivity contribution in [2.45, 2.75) is 25.8 Å². The van der Waals surface area contributed by atoms with Crippen LogP contribution >= 0.6 is 0 Å². The Morgan fingerprint density at radius 1 is 1.25 bits per heavy atom. The maximum Gasteiger partial charge on any atom is 0.127 e. The number of hydrogen-bond donors (Lipinski definition) is 1. The average molecular weight is 280 g/mol. The molecule has 4 nitrogen and oxygen atoms in total. The van der Waals surface area contributed by atoms with Gasteiger partial charge >= 0.3 is 0 Å². The van der Waals surface area contributed by atoms with Gasteiger partial charge in [0.15, 0.2) is 0 Å². The Bertz CT molecular complexity index is 396. The highest BCUT2D eigenvalue weighted by molar-refractivity contribution is 5.42. The molecule has 1 rings (SSSR count). The predicted octanol–water partition coefficient (Wildman–Crippen LogP) is 2.70. The third-order valence-electron chi connectivity index (χ3n) is 3.55. The maximum absolute atomic E-state index is 5.49. The number of unbranched alkanes of at least 4 members (excludes halogenated alkanes) is 1. The molecule has 0 saturated carbocycles. The summed E-state index contributed by atoms with van der Waals surface area (Å²) < 4.78 is 10.7. The number of nitrogens with one attached hydrogen (secondary N) is 1. The van der Waals surface area contributed by atoms with E-state index >= 15 is 0 Å². The zero-order valence-corrected chi connectivity index (χ0v) is 13.4. The van der Waals surface area contributed by atoms with Crippen molar-refractivity contribution in [1.29, 1.82) is 0 Å². The van der Waals surface area contributed by atoms with Gasteiger partial charge in [-0.1, -0.05) is 19.4 Å². The molecule has 20 heavy (non-hydrogen) atoms. The van der Waals surface area contributed by atoms with Gasteiger partial charge in [-0.05, 0) is 33.1 Å². The number of methoxy groups -OCH3 is 2. The van der Waals surface area contributed by atoms with Gasteiger partial charge in [0.1, 0.15) is 11.5 Å². The fraction of sp³-hybridized carbons (Fsp3) is 0.625. The van der Waals surface area contributed by atoms with Gasteiger partial charge in [-0.2, -0.15) is 0 Å². The topological polar surface area (TPSA) is 33.7 Å². The minimum atomic E-state index is 0.248. The molecule has 1 aromatic carbocycles. The molecule has 4 heteroatoms. The minimum Gasteiger partial charge on any atom is -0.497 e. The van der Waals surface area contributed by atoms with E-state index < -0.39 is 0 Å². The average Bonchev–Trinajstić information content (AvgIpc) is 2.49. The summed E-state index contributed by atoms with van der Waals surface area (Å²) in [6.07, 6.45) is 2.45. The van der Waals surface area contributed by atoms with Crippen LogP contribution in [0.1, 0.15) is 31.4 Å². The molecule has 0 bridgehead atoms. The van der Waals surface area contributed by atoms with Gasteiger partial charge in [0.05, 0.1) is 14.2 Å². The Hall–Kier alpha value is -1.26. The summed E-state index contributed by atoms with van der Waals surface area (Å²) in [7, 11) is 7.52. The van der Waals surface area contributed by atoms with E-state index in [0.29, 0.717) is 0 Å². The molecule has 0 saturated heterocycles. The molecule has 0 aliphatic heterocycles. The van der Waals surface area contributed by atoms with Crippen LogP contribution in [0.25, 0.3) is 0 Å². The van der Waals surface area contributed by atoms with E-state index in [4.69, 9.17) is 9.47 Å². The monoisotopic (exact) mass is 280 g/mol. The summed E-state index contributed by atoms with van der Waals surface area (Å²) in [6, 6.07) is 6.24. The third-order valence-corrected chi connectivity index (χ3v) is 3.55. The number of likely N-dealkylation sites (N-methyl/N-ethyl adjacent to an activating group) is 2. The van der Waals surface area contributed by atoms with Gasteiger partial charge < -0.3 is 19.7 Å². The molecule has 114 valence electrons. The quantitative estimate of drug-likeness (QED) is 0.754. The van der Waals surface area contributed by atoms with E-state index in [1.807, 2.05) is 19.2 Å². The number of benzene rings is 1. The van der Waals surface area contributed by atoms with Crippen LogP contribution in [0.15, 0.2) is 18.2 Å². The second-order valence-corrected chi connectivity index (χ2v) is 5.06. The lowest BCUT2D eigenvalue weighted by molar-refractivity contribution is 0.288. The second-order valence-electron chi connectivity index (χ2n) is 5.06. The van der Waals surface area contributed by atoms with Crippen LogP contribution in [0.3, 0.4) is 0 Å². The van der Waals surface area contributed by atoms with Crippen molar-refractivity contribution in [1.82, 2.24) is 10.2 Å². The van der Waals surface area contributed by atoms with Gasteiger partial charge in [-0.3, -0.25) is 0 Å². The summed E-state index contributed by atoms with van der Waals surface area (Å²) in [6.45, 7) is 4.29. The van der Waals surface area contributed by atoms with E-state index in [0.717, 1.165) is 24.6 Å². The molecule has 1 atom stereocenters. The molecule has 0 fully saturated rings. The fourth-order valence-electron chi connectivity index (χ4n) is 2.28. The molecule has 1 unspecified atom stereocenters. The highest BCUT2D eigenvalue weighted by atomic mass is 16.5. The van der Waals surface area contributed by atoms with Crippen molar-refractivity contribution < 1.29 is 9.47 Å². The SMILES string of the molecule is CCCCN(C)CC(NC)c1ccc(OC)cc1OC. The van der Waals surface area contributed by atoms with Crippen LogP contribution in [-0.2, 0) is 0 Å². The Morgan fingerprint density at radius 3 is 2.55 bits per heavy atom. The van der Waals surface area contributed by atoms with Crippen LogP contribution in [0.4, 0.5) is 0 Å². The number of ether oxygens (including phenoxy) is 2. The van der Waals surface area contributed by atoms with E-state index in [-0.39, 0.29) is 6.04 Å². The normalized spacial score (nSPS) is 12.5. The molecule has 0 spiro atoms. The fourth-order valence-corrected chi connectivity index (χ4v) is 2.28. The van der Waals surface area contributed by atoms with Gasteiger partial charge in [-0.15, -0.1) is 0 Å². The molecule has 1 N–H and O–H groups in total. The van der Waals surface area contributed by atoms with Crippen LogP contribution in [0.5, 0.6) is 11.5 Å². The zero-order chi connectivity index (χ0) is 15.0. The molecular formula is C16H28N2O2.